The van der Waals surface area contributed by atoms with Crippen molar-refractivity contribution in [3.05, 3.63) is 59.9 Å². The van der Waals surface area contributed by atoms with Gasteiger partial charge in [-0.3, -0.25) is 9.59 Å². The van der Waals surface area contributed by atoms with Gasteiger partial charge in [0.15, 0.2) is 0 Å². The molecule has 3 saturated heterocycles. The highest BCUT2D eigenvalue weighted by atomic mass is 19.1. The first-order chi connectivity index (χ1) is 13.6. The highest BCUT2D eigenvalue weighted by Crippen LogP contribution is 2.49. The number of amides is 2. The molecule has 3 fully saturated rings. The third kappa shape index (κ3) is 2.40. The fraction of sp³-hybridized carbons (Fsp3) is 0.333. The molecule has 3 atom stereocenters. The smallest absolute Gasteiger partial charge is 0.253 e. The first kappa shape index (κ1) is 17.3. The van der Waals surface area contributed by atoms with Crippen LogP contribution in [-0.4, -0.2) is 48.1 Å². The van der Waals surface area contributed by atoms with Crippen LogP contribution in [0.1, 0.15) is 18.0 Å². The molecule has 3 aliphatic rings. The van der Waals surface area contributed by atoms with Crippen LogP contribution in [0.4, 0.5) is 10.1 Å². The van der Waals surface area contributed by atoms with E-state index in [1.807, 2.05) is 29.3 Å². The average Bonchev–Trinajstić information content (AvgIpc) is 3.35. The first-order valence-corrected chi connectivity index (χ1v) is 9.40. The lowest BCUT2D eigenvalue weighted by molar-refractivity contribution is -0.126. The molecule has 0 spiro atoms. The highest BCUT2D eigenvalue weighted by Gasteiger charge is 2.62. The molecule has 28 heavy (non-hydrogen) atoms. The van der Waals surface area contributed by atoms with Crippen LogP contribution in [0.3, 0.4) is 0 Å². The summed E-state index contributed by atoms with van der Waals surface area (Å²) in [5, 5.41) is 4.21. The van der Waals surface area contributed by atoms with E-state index in [1.54, 1.807) is 7.11 Å². The molecule has 2 aromatic carbocycles. The summed E-state index contributed by atoms with van der Waals surface area (Å²) in [5.74, 6) is -0.587. The maximum Gasteiger partial charge on any atom is 0.253 e. The first-order valence-electron chi connectivity index (χ1n) is 9.40. The molecule has 0 bridgehead atoms. The van der Waals surface area contributed by atoms with Crippen LogP contribution < -0.4 is 9.64 Å². The summed E-state index contributed by atoms with van der Waals surface area (Å²) in [6.07, 6.45) is 0.952. The molecule has 3 aliphatic heterocycles. The molecule has 5 rings (SSSR count). The van der Waals surface area contributed by atoms with Gasteiger partial charge in [0.2, 0.25) is 5.91 Å². The predicted octanol–water partition coefficient (Wildman–Crippen LogP) is 2.37. The number of nitrogens with zero attached hydrogens (tertiary/aromatic N) is 3. The number of benzene rings is 2. The van der Waals surface area contributed by atoms with Gasteiger partial charge in [-0.25, -0.2) is 19.3 Å². The van der Waals surface area contributed by atoms with Crippen molar-refractivity contribution in [1.82, 2.24) is 10.0 Å². The quantitative estimate of drug-likeness (QED) is 0.764. The molecule has 7 heteroatoms. The number of carbonyl (C=O) groups excluding carboxylic acids is 2. The SMILES string of the molecule is COc1ccc([C@@H]2[C@H]3C(=O)N(c4ccc(F)cc4)C(=O)[C@@H]3N3CCCN23)cc1. The number of hydrogen-bond acceptors (Lipinski definition) is 5. The lowest BCUT2D eigenvalue weighted by Gasteiger charge is -2.29. The normalized spacial score (nSPS) is 27.4. The Balaban J connectivity index is 1.55. The number of ether oxygens (including phenoxy) is 1. The zero-order valence-electron chi connectivity index (χ0n) is 15.4. The molecule has 0 aliphatic carbocycles. The van der Waals surface area contributed by atoms with Gasteiger partial charge in [-0.15, -0.1) is 0 Å². The molecule has 0 aromatic heterocycles. The fourth-order valence-electron chi connectivity index (χ4n) is 4.76. The summed E-state index contributed by atoms with van der Waals surface area (Å²) in [5.41, 5.74) is 1.41. The maximum atomic E-state index is 13.4. The van der Waals surface area contributed by atoms with Crippen molar-refractivity contribution in [2.24, 2.45) is 5.92 Å². The minimum absolute atomic E-state index is 0.194. The number of fused-ring (bicyclic) bond motifs is 3. The Kier molecular flexibility index (Phi) is 3.96. The molecular formula is C21H20FN3O3. The van der Waals surface area contributed by atoms with Crippen molar-refractivity contribution in [3.63, 3.8) is 0 Å². The third-order valence-corrected chi connectivity index (χ3v) is 5.95. The average molecular weight is 381 g/mol. The molecule has 2 aromatic rings. The van der Waals surface area contributed by atoms with E-state index in [4.69, 9.17) is 4.74 Å². The Morgan fingerprint density at radius 2 is 1.54 bits per heavy atom. The van der Waals surface area contributed by atoms with E-state index in [-0.39, 0.29) is 17.9 Å². The Hall–Kier alpha value is -2.77. The summed E-state index contributed by atoms with van der Waals surface area (Å²) in [4.78, 5) is 27.8. The Morgan fingerprint density at radius 1 is 0.893 bits per heavy atom. The standard InChI is InChI=1S/C21H20FN3O3/c1-28-16-9-3-13(4-10-16)18-17-19(24-12-2-11-23(18)24)21(27)25(20(17)26)15-7-5-14(22)6-8-15/h3-10,17-19H,2,11-12H2,1H3/t17-,18-,19-/m1/s1. The number of anilines is 1. The van der Waals surface area contributed by atoms with Crippen molar-refractivity contribution in [2.75, 3.05) is 25.1 Å². The minimum Gasteiger partial charge on any atom is -0.497 e. The van der Waals surface area contributed by atoms with Crippen molar-refractivity contribution >= 4 is 17.5 Å². The summed E-state index contributed by atoms with van der Waals surface area (Å²) in [6.45, 7) is 1.57. The topological polar surface area (TPSA) is 53.1 Å². The van der Waals surface area contributed by atoms with Gasteiger partial charge in [0, 0.05) is 13.1 Å². The van der Waals surface area contributed by atoms with Crippen LogP contribution in [0.25, 0.3) is 0 Å². The number of rotatable bonds is 3. The van der Waals surface area contributed by atoms with Crippen molar-refractivity contribution in [1.29, 1.82) is 0 Å². The van der Waals surface area contributed by atoms with Crippen molar-refractivity contribution in [3.8, 4) is 5.75 Å². The lowest BCUT2D eigenvalue weighted by Crippen LogP contribution is -2.44. The number of carbonyl (C=O) groups is 2. The number of imide groups is 1. The number of hydrogen-bond donors (Lipinski definition) is 0. The van der Waals surface area contributed by atoms with E-state index in [9.17, 15) is 14.0 Å². The summed E-state index contributed by atoms with van der Waals surface area (Å²) in [6, 6.07) is 12.5. The molecule has 144 valence electrons. The van der Waals surface area contributed by atoms with Gasteiger partial charge in [-0.05, 0) is 48.4 Å². The summed E-state index contributed by atoms with van der Waals surface area (Å²) >= 11 is 0. The van der Waals surface area contributed by atoms with Gasteiger partial charge in [-0.2, -0.15) is 0 Å². The van der Waals surface area contributed by atoms with E-state index in [2.05, 4.69) is 5.01 Å². The third-order valence-electron chi connectivity index (χ3n) is 5.95. The van der Waals surface area contributed by atoms with Gasteiger partial charge in [-0.1, -0.05) is 12.1 Å². The molecule has 0 saturated carbocycles. The second-order valence-corrected chi connectivity index (χ2v) is 7.36. The molecular weight excluding hydrogens is 361 g/mol. The van der Waals surface area contributed by atoms with Crippen LogP contribution in [0, 0.1) is 11.7 Å². The number of methoxy groups -OCH3 is 1. The molecule has 0 N–H and O–H groups in total. The monoisotopic (exact) mass is 381 g/mol. The van der Waals surface area contributed by atoms with Crippen LogP contribution in [0.15, 0.2) is 48.5 Å². The van der Waals surface area contributed by atoms with Crippen molar-refractivity contribution in [2.45, 2.75) is 18.5 Å². The minimum atomic E-state index is -0.507. The van der Waals surface area contributed by atoms with Crippen LogP contribution in [0.5, 0.6) is 5.75 Å². The molecule has 2 amide bonds. The number of halogens is 1. The summed E-state index contributed by atoms with van der Waals surface area (Å²) < 4.78 is 18.6. The Bertz CT molecular complexity index is 931. The van der Waals surface area contributed by atoms with E-state index in [1.165, 1.54) is 29.2 Å². The van der Waals surface area contributed by atoms with Gasteiger partial charge in [0.1, 0.15) is 17.6 Å². The largest absolute Gasteiger partial charge is 0.497 e. The zero-order valence-corrected chi connectivity index (χ0v) is 15.4. The summed E-state index contributed by atoms with van der Waals surface area (Å²) in [7, 11) is 1.61. The predicted molar refractivity (Wildman–Crippen MR) is 99.9 cm³/mol. The highest BCUT2D eigenvalue weighted by molar-refractivity contribution is 6.24. The van der Waals surface area contributed by atoms with Gasteiger partial charge in [0.05, 0.1) is 24.8 Å². The van der Waals surface area contributed by atoms with Gasteiger partial charge < -0.3 is 4.74 Å². The molecule has 0 unspecified atom stereocenters. The van der Waals surface area contributed by atoms with Crippen LogP contribution in [0.2, 0.25) is 0 Å². The molecule has 6 nitrogen and oxygen atoms in total. The van der Waals surface area contributed by atoms with E-state index in [0.717, 1.165) is 30.8 Å². The Labute approximate surface area is 162 Å². The maximum absolute atomic E-state index is 13.4. The van der Waals surface area contributed by atoms with Crippen LogP contribution in [-0.2, 0) is 9.59 Å². The fourth-order valence-corrected chi connectivity index (χ4v) is 4.76. The molecule has 3 heterocycles. The molecule has 0 radical (unpaired) electrons. The van der Waals surface area contributed by atoms with Gasteiger partial charge >= 0.3 is 0 Å². The second-order valence-electron chi connectivity index (χ2n) is 7.36. The Morgan fingerprint density at radius 3 is 2.18 bits per heavy atom. The van der Waals surface area contributed by atoms with E-state index in [0.29, 0.717) is 5.69 Å². The number of hydrazine groups is 1. The van der Waals surface area contributed by atoms with E-state index < -0.39 is 17.8 Å². The lowest BCUT2D eigenvalue weighted by atomic mass is 9.90. The van der Waals surface area contributed by atoms with Gasteiger partial charge in [0.25, 0.3) is 5.91 Å². The zero-order chi connectivity index (χ0) is 19.4. The second kappa shape index (κ2) is 6.39. The van der Waals surface area contributed by atoms with Crippen molar-refractivity contribution < 1.29 is 18.7 Å². The van der Waals surface area contributed by atoms with Crippen LogP contribution >= 0.6 is 0 Å². The van der Waals surface area contributed by atoms with E-state index >= 15 is 0 Å².